The summed E-state index contributed by atoms with van der Waals surface area (Å²) in [6.07, 6.45) is -0.00724. The monoisotopic (exact) mass is 270 g/mol. The summed E-state index contributed by atoms with van der Waals surface area (Å²) >= 11 is 1.64. The zero-order valence-electron chi connectivity index (χ0n) is 10.8. The predicted molar refractivity (Wildman–Crippen MR) is 68.4 cm³/mol. The molecule has 0 aromatic carbocycles. The lowest BCUT2D eigenvalue weighted by Crippen LogP contribution is -2.36. The van der Waals surface area contributed by atoms with Crippen molar-refractivity contribution in [2.45, 2.75) is 39.0 Å². The second-order valence-electron chi connectivity index (χ2n) is 4.60. The highest BCUT2D eigenvalue weighted by Gasteiger charge is 2.37. The number of ether oxygens (including phenoxy) is 1. The van der Waals surface area contributed by atoms with Gasteiger partial charge < -0.3 is 9.84 Å². The molecule has 1 N–H and O–H groups in total. The van der Waals surface area contributed by atoms with Gasteiger partial charge in [0, 0.05) is 24.4 Å². The molecule has 18 heavy (non-hydrogen) atoms. The Kier molecular flexibility index (Phi) is 3.99. The minimum atomic E-state index is -0.455. The van der Waals surface area contributed by atoms with Crippen molar-refractivity contribution in [1.29, 1.82) is 0 Å². The van der Waals surface area contributed by atoms with Crippen LogP contribution in [-0.2, 0) is 16.1 Å². The third kappa shape index (κ3) is 2.71. The number of methoxy groups -OCH3 is 1. The van der Waals surface area contributed by atoms with Gasteiger partial charge in [-0.05, 0) is 13.8 Å². The fraction of sp³-hybridized carbons (Fsp3) is 0.667. The highest BCUT2D eigenvalue weighted by Crippen LogP contribution is 2.25. The molecule has 0 spiro atoms. The predicted octanol–water partition coefficient (Wildman–Crippen LogP) is 0.868. The lowest BCUT2D eigenvalue weighted by atomic mass is 10.2. The van der Waals surface area contributed by atoms with Gasteiger partial charge in [0.1, 0.15) is 6.04 Å². The fourth-order valence-corrected chi connectivity index (χ4v) is 3.30. The molecule has 2 heterocycles. The van der Waals surface area contributed by atoms with Gasteiger partial charge in [0.25, 0.3) is 0 Å². The van der Waals surface area contributed by atoms with Crippen LogP contribution in [0.1, 0.15) is 22.0 Å². The topological polar surface area (TPSA) is 62.7 Å². The average molecular weight is 270 g/mol. The largest absolute Gasteiger partial charge is 0.468 e. The first-order chi connectivity index (χ1) is 8.51. The van der Waals surface area contributed by atoms with E-state index < -0.39 is 6.10 Å². The van der Waals surface area contributed by atoms with Crippen LogP contribution in [0.25, 0.3) is 0 Å². The van der Waals surface area contributed by atoms with E-state index in [-0.39, 0.29) is 12.0 Å². The molecule has 0 aliphatic carbocycles. The Morgan fingerprint density at radius 3 is 2.89 bits per heavy atom. The molecule has 1 aliphatic heterocycles. The van der Waals surface area contributed by atoms with Crippen LogP contribution in [0.3, 0.4) is 0 Å². The number of nitrogens with zero attached hydrogens (tertiary/aromatic N) is 2. The van der Waals surface area contributed by atoms with Gasteiger partial charge in [0.2, 0.25) is 0 Å². The fourth-order valence-electron chi connectivity index (χ4n) is 2.34. The summed E-state index contributed by atoms with van der Waals surface area (Å²) in [5, 5.41) is 10.7. The number of esters is 1. The molecular weight excluding hydrogens is 252 g/mol. The lowest BCUT2D eigenvalue weighted by Gasteiger charge is -2.21. The third-order valence-electron chi connectivity index (χ3n) is 3.20. The Bertz CT molecular complexity index is 447. The van der Waals surface area contributed by atoms with Crippen LogP contribution in [0.15, 0.2) is 0 Å². The molecule has 0 saturated carbocycles. The van der Waals surface area contributed by atoms with Crippen molar-refractivity contribution in [2.75, 3.05) is 13.7 Å². The van der Waals surface area contributed by atoms with Gasteiger partial charge in [0.15, 0.2) is 0 Å². The van der Waals surface area contributed by atoms with Gasteiger partial charge >= 0.3 is 5.97 Å². The number of rotatable bonds is 3. The maximum Gasteiger partial charge on any atom is 0.323 e. The van der Waals surface area contributed by atoms with Crippen LogP contribution in [0.2, 0.25) is 0 Å². The van der Waals surface area contributed by atoms with Crippen LogP contribution < -0.4 is 0 Å². The van der Waals surface area contributed by atoms with Crippen molar-refractivity contribution in [3.8, 4) is 0 Å². The van der Waals surface area contributed by atoms with E-state index in [0.29, 0.717) is 19.5 Å². The van der Waals surface area contributed by atoms with Gasteiger partial charge in [-0.15, -0.1) is 11.3 Å². The number of aliphatic hydroxyl groups excluding tert-OH is 1. The molecule has 0 unspecified atom stereocenters. The average Bonchev–Trinajstić information content (AvgIpc) is 2.82. The zero-order chi connectivity index (χ0) is 13.3. The van der Waals surface area contributed by atoms with Gasteiger partial charge in [-0.1, -0.05) is 0 Å². The van der Waals surface area contributed by atoms with E-state index >= 15 is 0 Å². The molecule has 1 saturated heterocycles. The molecule has 1 aromatic rings. The van der Waals surface area contributed by atoms with Gasteiger partial charge in [0.05, 0.1) is 23.9 Å². The first-order valence-corrected chi connectivity index (χ1v) is 6.75. The first-order valence-electron chi connectivity index (χ1n) is 5.94. The summed E-state index contributed by atoms with van der Waals surface area (Å²) in [5.74, 6) is -0.273. The number of carbonyl (C=O) groups is 1. The Morgan fingerprint density at radius 1 is 1.61 bits per heavy atom. The molecule has 2 atom stereocenters. The maximum atomic E-state index is 11.7. The van der Waals surface area contributed by atoms with Crippen LogP contribution in [-0.4, -0.2) is 46.8 Å². The van der Waals surface area contributed by atoms with E-state index in [1.807, 2.05) is 18.7 Å². The summed E-state index contributed by atoms with van der Waals surface area (Å²) in [4.78, 5) is 19.2. The minimum absolute atomic E-state index is 0.273. The molecule has 1 fully saturated rings. The lowest BCUT2D eigenvalue weighted by molar-refractivity contribution is -0.146. The van der Waals surface area contributed by atoms with Crippen molar-refractivity contribution in [3.63, 3.8) is 0 Å². The van der Waals surface area contributed by atoms with E-state index in [4.69, 9.17) is 4.74 Å². The van der Waals surface area contributed by atoms with Gasteiger partial charge in [-0.25, -0.2) is 4.98 Å². The Hall–Kier alpha value is -0.980. The van der Waals surface area contributed by atoms with Crippen LogP contribution in [0.5, 0.6) is 0 Å². The third-order valence-corrected chi connectivity index (χ3v) is 4.26. The number of β-amino-alcohol motifs (C(OH)–C–C–N with tert-alkyl or cyclic N) is 1. The summed E-state index contributed by atoms with van der Waals surface area (Å²) in [7, 11) is 1.38. The minimum Gasteiger partial charge on any atom is -0.468 e. The second kappa shape index (κ2) is 5.34. The molecule has 0 radical (unpaired) electrons. The summed E-state index contributed by atoms with van der Waals surface area (Å²) in [6.45, 7) is 5.10. The number of thiazole rings is 1. The van der Waals surface area contributed by atoms with E-state index in [2.05, 4.69) is 4.98 Å². The number of carbonyl (C=O) groups excluding carboxylic acids is 1. The molecule has 2 rings (SSSR count). The molecular formula is C12H18N2O3S. The van der Waals surface area contributed by atoms with Gasteiger partial charge in [-0.2, -0.15) is 0 Å². The molecule has 100 valence electrons. The van der Waals surface area contributed by atoms with E-state index in [1.54, 1.807) is 11.3 Å². The molecule has 0 bridgehead atoms. The Labute approximate surface area is 110 Å². The van der Waals surface area contributed by atoms with Crippen LogP contribution in [0.4, 0.5) is 0 Å². The van der Waals surface area contributed by atoms with Crippen LogP contribution in [0, 0.1) is 13.8 Å². The smallest absolute Gasteiger partial charge is 0.323 e. The Morgan fingerprint density at radius 2 is 2.33 bits per heavy atom. The quantitative estimate of drug-likeness (QED) is 0.826. The van der Waals surface area contributed by atoms with E-state index in [0.717, 1.165) is 15.6 Å². The van der Waals surface area contributed by atoms with Crippen LogP contribution >= 0.6 is 11.3 Å². The number of hydrogen-bond acceptors (Lipinski definition) is 6. The second-order valence-corrected chi connectivity index (χ2v) is 5.89. The number of hydrogen-bond donors (Lipinski definition) is 1. The SMILES string of the molecule is COC(=O)[C@@H]1C[C@H](O)CN1Cc1sc(C)nc1C. The van der Waals surface area contributed by atoms with Crippen molar-refractivity contribution in [3.05, 3.63) is 15.6 Å². The van der Waals surface area contributed by atoms with Crippen molar-refractivity contribution < 1.29 is 14.6 Å². The molecule has 1 aliphatic rings. The van der Waals surface area contributed by atoms with E-state index in [1.165, 1.54) is 7.11 Å². The Balaban J connectivity index is 2.11. The maximum absolute atomic E-state index is 11.7. The van der Waals surface area contributed by atoms with Crippen molar-refractivity contribution in [2.24, 2.45) is 0 Å². The number of aliphatic hydroxyl groups is 1. The molecule has 1 aromatic heterocycles. The normalized spacial score (nSPS) is 24.4. The summed E-state index contributed by atoms with van der Waals surface area (Å²) in [6, 6.07) is -0.341. The van der Waals surface area contributed by atoms with Crippen molar-refractivity contribution in [1.82, 2.24) is 9.88 Å². The highest BCUT2D eigenvalue weighted by molar-refractivity contribution is 7.11. The molecule has 0 amide bonds. The van der Waals surface area contributed by atoms with Gasteiger partial charge in [-0.3, -0.25) is 9.69 Å². The number of aromatic nitrogens is 1. The zero-order valence-corrected chi connectivity index (χ0v) is 11.7. The summed E-state index contributed by atoms with van der Waals surface area (Å²) < 4.78 is 4.78. The number of aryl methyl sites for hydroxylation is 2. The summed E-state index contributed by atoms with van der Waals surface area (Å²) in [5.41, 5.74) is 1.00. The van der Waals surface area contributed by atoms with Crippen molar-refractivity contribution >= 4 is 17.3 Å². The van der Waals surface area contributed by atoms with E-state index in [9.17, 15) is 9.90 Å². The number of likely N-dealkylation sites (tertiary alicyclic amines) is 1. The standard InChI is InChI=1S/C12H18N2O3S/c1-7-11(18-8(2)13-7)6-14-5-9(15)4-10(14)12(16)17-3/h9-10,15H,4-6H2,1-3H3/t9-,10-/m0/s1. The molecule has 6 heteroatoms. The highest BCUT2D eigenvalue weighted by atomic mass is 32.1. The first kappa shape index (κ1) is 13.5. The molecule has 5 nitrogen and oxygen atoms in total.